The van der Waals surface area contributed by atoms with Gasteiger partial charge >= 0.3 is 6.09 Å². The minimum Gasteiger partial charge on any atom is -0.496 e. The minimum atomic E-state index is -0.974. The van der Waals surface area contributed by atoms with Crippen molar-refractivity contribution in [2.75, 3.05) is 20.8 Å². The fourth-order valence-electron chi connectivity index (χ4n) is 4.95. The average molecular weight is 642 g/mol. The number of hydrogen-bond acceptors (Lipinski definition) is 8. The third-order valence-electron chi connectivity index (χ3n) is 7.23. The van der Waals surface area contributed by atoms with E-state index in [9.17, 15) is 14.4 Å². The summed E-state index contributed by atoms with van der Waals surface area (Å²) in [6, 6.07) is 17.3. The Balaban J connectivity index is 1.53. The molecule has 3 aromatic rings. The molecule has 0 saturated carbocycles. The lowest BCUT2D eigenvalue weighted by molar-refractivity contribution is -0.122. The third kappa shape index (κ3) is 9.80. The van der Waals surface area contributed by atoms with Crippen molar-refractivity contribution in [1.82, 2.24) is 5.32 Å². The van der Waals surface area contributed by atoms with E-state index in [-0.39, 0.29) is 31.2 Å². The van der Waals surface area contributed by atoms with Gasteiger partial charge in [-0.2, -0.15) is 0 Å². The smallest absolute Gasteiger partial charge is 0.408 e. The lowest BCUT2D eigenvalue weighted by Crippen LogP contribution is -2.46. The number of carbonyl (C=O) groups is 3. The first-order valence-corrected chi connectivity index (χ1v) is 15.4. The number of rotatable bonds is 13. The maximum Gasteiger partial charge on any atom is 0.408 e. The molecule has 3 aromatic carbocycles. The zero-order valence-electron chi connectivity index (χ0n) is 28.0. The summed E-state index contributed by atoms with van der Waals surface area (Å²) in [5.74, 6) is 1.03. The van der Waals surface area contributed by atoms with Gasteiger partial charge in [-0.3, -0.25) is 9.59 Å². The van der Waals surface area contributed by atoms with Crippen LogP contribution < -0.4 is 19.5 Å². The number of hydrogen-bond donors (Lipinski definition) is 1. The zero-order chi connectivity index (χ0) is 34.2. The van der Waals surface area contributed by atoms with Gasteiger partial charge in [-0.15, -0.1) is 0 Å². The predicted octanol–water partition coefficient (Wildman–Crippen LogP) is 7.01. The van der Waals surface area contributed by atoms with Crippen LogP contribution in [0.4, 0.5) is 4.79 Å². The highest BCUT2D eigenvalue weighted by atomic mass is 16.6. The highest BCUT2D eigenvalue weighted by Crippen LogP contribution is 2.40. The second-order valence-electron chi connectivity index (χ2n) is 12.7. The van der Waals surface area contributed by atoms with E-state index in [0.717, 1.165) is 5.56 Å². The topological polar surface area (TPSA) is 109 Å². The molecule has 0 aromatic heterocycles. The number of nitrogens with one attached hydrogen (secondary N) is 1. The van der Waals surface area contributed by atoms with Gasteiger partial charge < -0.3 is 29.0 Å². The largest absolute Gasteiger partial charge is 0.496 e. The lowest BCUT2D eigenvalue weighted by atomic mass is 9.96. The molecule has 248 valence electrons. The number of ketones is 2. The molecular weight excluding hydrogens is 598 g/mol. The number of allylic oxidation sites excluding steroid dienone is 1. The van der Waals surface area contributed by atoms with Gasteiger partial charge in [0.25, 0.3) is 0 Å². The van der Waals surface area contributed by atoms with Crippen molar-refractivity contribution < 1.29 is 38.1 Å². The highest BCUT2D eigenvalue weighted by Gasteiger charge is 2.28. The number of carbonyl (C=O) groups excluding carboxylic acids is 3. The zero-order valence-corrected chi connectivity index (χ0v) is 28.0. The Morgan fingerprint density at radius 1 is 0.957 bits per heavy atom. The Bertz CT molecular complexity index is 1650. The minimum absolute atomic E-state index is 0.0520. The van der Waals surface area contributed by atoms with E-state index in [0.29, 0.717) is 39.5 Å². The number of amides is 1. The van der Waals surface area contributed by atoms with Gasteiger partial charge in [0.1, 0.15) is 34.5 Å². The van der Waals surface area contributed by atoms with Crippen molar-refractivity contribution in [3.8, 4) is 17.2 Å². The summed E-state index contributed by atoms with van der Waals surface area (Å²) in [6.07, 6.45) is 6.19. The summed E-state index contributed by atoms with van der Waals surface area (Å²) in [5, 5.41) is 2.67. The number of methoxy groups -OCH3 is 2. The molecule has 0 bridgehead atoms. The second-order valence-corrected chi connectivity index (χ2v) is 12.7. The number of Topliss-reactive ketones (excluding diaryl/α,β-unsaturated/α-hetero) is 1. The molecule has 1 N–H and O–H groups in total. The van der Waals surface area contributed by atoms with Gasteiger partial charge in [-0.25, -0.2) is 4.79 Å². The Morgan fingerprint density at radius 2 is 1.66 bits per heavy atom. The van der Waals surface area contributed by atoms with Crippen molar-refractivity contribution in [2.24, 2.45) is 0 Å². The van der Waals surface area contributed by atoms with E-state index in [2.05, 4.69) is 5.32 Å². The van der Waals surface area contributed by atoms with Crippen LogP contribution in [0.1, 0.15) is 67.2 Å². The van der Waals surface area contributed by atoms with Crippen LogP contribution in [0.5, 0.6) is 17.2 Å². The van der Waals surface area contributed by atoms with E-state index >= 15 is 0 Å². The SMILES string of the molecule is COc1ccc(/C=C/C(=O)c2ccc(OC)c3c2OC(C)(C)C=C3)cc1CC(=O)C(COCc1ccccc1)NC(=O)OC(C)(C)C. The van der Waals surface area contributed by atoms with E-state index in [1.165, 1.54) is 13.2 Å². The first kappa shape index (κ1) is 35.0. The van der Waals surface area contributed by atoms with Crippen molar-refractivity contribution >= 4 is 29.8 Å². The summed E-state index contributed by atoms with van der Waals surface area (Å²) in [4.78, 5) is 39.7. The van der Waals surface area contributed by atoms with E-state index < -0.39 is 23.3 Å². The number of alkyl carbamates (subject to hydrolysis) is 1. The van der Waals surface area contributed by atoms with Crippen LogP contribution in [-0.4, -0.2) is 55.7 Å². The molecule has 1 amide bonds. The third-order valence-corrected chi connectivity index (χ3v) is 7.23. The van der Waals surface area contributed by atoms with Crippen LogP contribution in [0.3, 0.4) is 0 Å². The van der Waals surface area contributed by atoms with Crippen LogP contribution in [0.15, 0.2) is 72.8 Å². The molecule has 1 unspecified atom stereocenters. The van der Waals surface area contributed by atoms with Crippen LogP contribution in [0.25, 0.3) is 12.2 Å². The maximum absolute atomic E-state index is 13.6. The van der Waals surface area contributed by atoms with Gasteiger partial charge in [0.2, 0.25) is 0 Å². The van der Waals surface area contributed by atoms with E-state index in [1.807, 2.05) is 56.3 Å². The molecule has 1 aliphatic rings. The molecule has 1 aliphatic heterocycles. The average Bonchev–Trinajstić information content (AvgIpc) is 3.01. The highest BCUT2D eigenvalue weighted by molar-refractivity contribution is 6.09. The van der Waals surface area contributed by atoms with Gasteiger partial charge in [0.05, 0.1) is 38.6 Å². The standard InChI is InChI=1S/C38H43NO8/c1-37(2,3)47-36(42)39-30(24-45-23-26-11-9-8-10-12-26)32(41)22-27-21-25(14-17-33(27)43-6)13-16-31(40)28-15-18-34(44-7)29-19-20-38(4,5)46-35(28)29/h8-21,30H,22-24H2,1-7H3,(H,39,42)/b16-13+. The molecule has 1 heterocycles. The van der Waals surface area contributed by atoms with E-state index in [1.54, 1.807) is 64.3 Å². The molecule has 0 aliphatic carbocycles. The van der Waals surface area contributed by atoms with Gasteiger partial charge in [0, 0.05) is 12.0 Å². The van der Waals surface area contributed by atoms with Crippen LogP contribution in [-0.2, 0) is 27.3 Å². The van der Waals surface area contributed by atoms with Gasteiger partial charge in [-0.05, 0) is 88.2 Å². The summed E-state index contributed by atoms with van der Waals surface area (Å²) in [7, 11) is 3.09. The van der Waals surface area contributed by atoms with Gasteiger partial charge in [-0.1, -0.05) is 42.5 Å². The maximum atomic E-state index is 13.6. The Labute approximate surface area is 276 Å². The van der Waals surface area contributed by atoms with Crippen molar-refractivity contribution in [3.05, 3.63) is 101 Å². The monoisotopic (exact) mass is 641 g/mol. The van der Waals surface area contributed by atoms with E-state index in [4.69, 9.17) is 23.7 Å². The fraction of sp³-hybridized carbons (Fsp3) is 0.342. The van der Waals surface area contributed by atoms with Crippen LogP contribution in [0.2, 0.25) is 0 Å². The van der Waals surface area contributed by atoms with Crippen LogP contribution >= 0.6 is 0 Å². The van der Waals surface area contributed by atoms with Crippen LogP contribution in [0, 0.1) is 0 Å². The summed E-state index contributed by atoms with van der Waals surface area (Å²) in [6.45, 7) is 9.30. The molecule has 4 rings (SSSR count). The number of ether oxygens (including phenoxy) is 5. The van der Waals surface area contributed by atoms with Crippen molar-refractivity contribution in [1.29, 1.82) is 0 Å². The van der Waals surface area contributed by atoms with Crippen molar-refractivity contribution in [2.45, 2.75) is 64.9 Å². The molecule has 0 radical (unpaired) electrons. The lowest BCUT2D eigenvalue weighted by Gasteiger charge is -2.29. The molecule has 0 saturated heterocycles. The first-order chi connectivity index (χ1) is 22.3. The summed E-state index contributed by atoms with van der Waals surface area (Å²) >= 11 is 0. The normalized spacial score (nSPS) is 14.1. The first-order valence-electron chi connectivity index (χ1n) is 15.4. The van der Waals surface area contributed by atoms with Crippen molar-refractivity contribution in [3.63, 3.8) is 0 Å². The number of fused-ring (bicyclic) bond motifs is 1. The second kappa shape index (κ2) is 15.1. The predicted molar refractivity (Wildman–Crippen MR) is 181 cm³/mol. The molecule has 47 heavy (non-hydrogen) atoms. The Hall–Kier alpha value is -4.89. The number of benzene rings is 3. The van der Waals surface area contributed by atoms with Gasteiger partial charge in [0.15, 0.2) is 11.6 Å². The fourth-order valence-corrected chi connectivity index (χ4v) is 4.95. The Morgan fingerprint density at radius 3 is 2.34 bits per heavy atom. The molecule has 0 fully saturated rings. The summed E-state index contributed by atoms with van der Waals surface area (Å²) in [5.41, 5.74) is 1.99. The summed E-state index contributed by atoms with van der Waals surface area (Å²) < 4.78 is 28.4. The Kier molecular flexibility index (Phi) is 11.3. The molecule has 0 spiro atoms. The quantitative estimate of drug-likeness (QED) is 0.157. The molecular formula is C38H43NO8. The molecule has 9 nitrogen and oxygen atoms in total. The molecule has 1 atom stereocenters. The molecule has 9 heteroatoms.